The maximum absolute atomic E-state index is 12.8. The Morgan fingerprint density at radius 3 is 2.30 bits per heavy atom. The third kappa shape index (κ3) is 4.45. The van der Waals surface area contributed by atoms with Crippen LogP contribution < -0.4 is 20.1 Å². The number of hydrogen-bond acceptors (Lipinski definition) is 6. The number of urea groups is 1. The lowest BCUT2D eigenvalue weighted by Crippen LogP contribution is -2.46. The minimum Gasteiger partial charge on any atom is -0.502 e. The molecule has 1 aliphatic heterocycles. The normalized spacial score (nSPS) is 16.7. The molecule has 0 bridgehead atoms. The van der Waals surface area contributed by atoms with Gasteiger partial charge in [0.2, 0.25) is 5.75 Å². The molecule has 1 aromatic rings. The first kappa shape index (κ1) is 20.4. The Morgan fingerprint density at radius 2 is 1.81 bits per heavy atom. The van der Waals surface area contributed by atoms with E-state index in [0.717, 1.165) is 6.42 Å². The molecular formula is C19H26N2O6. The molecule has 1 aliphatic rings. The lowest BCUT2D eigenvalue weighted by molar-refractivity contribution is -0.143. The van der Waals surface area contributed by atoms with Gasteiger partial charge in [-0.25, -0.2) is 9.59 Å². The largest absolute Gasteiger partial charge is 0.502 e. The highest BCUT2D eigenvalue weighted by Gasteiger charge is 2.34. The van der Waals surface area contributed by atoms with Crippen LogP contribution in [0, 0.1) is 0 Å². The molecule has 3 N–H and O–H groups in total. The summed E-state index contributed by atoms with van der Waals surface area (Å²) >= 11 is 0. The highest BCUT2D eigenvalue weighted by molar-refractivity contribution is 5.95. The quantitative estimate of drug-likeness (QED) is 0.630. The Kier molecular flexibility index (Phi) is 6.55. The third-order valence-corrected chi connectivity index (χ3v) is 4.05. The summed E-state index contributed by atoms with van der Waals surface area (Å²) in [5.41, 5.74) is 1.36. The van der Waals surface area contributed by atoms with Gasteiger partial charge in [0, 0.05) is 5.70 Å². The van der Waals surface area contributed by atoms with E-state index in [2.05, 4.69) is 10.6 Å². The van der Waals surface area contributed by atoms with Gasteiger partial charge in [0.1, 0.15) is 0 Å². The van der Waals surface area contributed by atoms with Gasteiger partial charge in [0.15, 0.2) is 11.5 Å². The number of aromatic hydroxyl groups is 1. The molecule has 0 aromatic heterocycles. The average molecular weight is 378 g/mol. The van der Waals surface area contributed by atoms with Gasteiger partial charge in [-0.2, -0.15) is 0 Å². The van der Waals surface area contributed by atoms with Crippen LogP contribution >= 0.6 is 0 Å². The lowest BCUT2D eigenvalue weighted by Gasteiger charge is -2.30. The maximum atomic E-state index is 12.8. The van der Waals surface area contributed by atoms with E-state index in [4.69, 9.17) is 14.2 Å². The van der Waals surface area contributed by atoms with E-state index in [9.17, 15) is 14.7 Å². The molecule has 0 saturated heterocycles. The summed E-state index contributed by atoms with van der Waals surface area (Å²) in [6, 6.07) is 1.92. The number of hydrogen-bond donors (Lipinski definition) is 3. The molecule has 2 amide bonds. The van der Waals surface area contributed by atoms with Gasteiger partial charge in [-0.15, -0.1) is 0 Å². The Morgan fingerprint density at radius 1 is 1.22 bits per heavy atom. The van der Waals surface area contributed by atoms with E-state index in [1.165, 1.54) is 14.2 Å². The van der Waals surface area contributed by atoms with Crippen molar-refractivity contribution in [1.82, 2.24) is 10.6 Å². The third-order valence-electron chi connectivity index (χ3n) is 4.05. The Bertz CT molecular complexity index is 732. The Balaban J connectivity index is 2.62. The maximum Gasteiger partial charge on any atom is 0.338 e. The second-order valence-electron chi connectivity index (χ2n) is 6.40. The highest BCUT2D eigenvalue weighted by atomic mass is 16.5. The van der Waals surface area contributed by atoms with Crippen LogP contribution in [0.4, 0.5) is 4.79 Å². The lowest BCUT2D eigenvalue weighted by atomic mass is 9.93. The van der Waals surface area contributed by atoms with Crippen molar-refractivity contribution in [2.45, 2.75) is 45.8 Å². The van der Waals surface area contributed by atoms with Crippen molar-refractivity contribution < 1.29 is 28.9 Å². The van der Waals surface area contributed by atoms with Crippen LogP contribution in [0.3, 0.4) is 0 Å². The van der Waals surface area contributed by atoms with Crippen LogP contribution in [-0.4, -0.2) is 37.4 Å². The number of phenolic OH excluding ortho intramolecular Hbond substituents is 1. The summed E-state index contributed by atoms with van der Waals surface area (Å²) < 4.78 is 15.8. The fraction of sp³-hybridized carbons (Fsp3) is 0.474. The molecule has 1 unspecified atom stereocenters. The molecular weight excluding hydrogens is 352 g/mol. The van der Waals surface area contributed by atoms with Crippen molar-refractivity contribution in [3.8, 4) is 17.2 Å². The number of carbonyl (C=O) groups excluding carboxylic acids is 2. The minimum absolute atomic E-state index is 0.159. The zero-order valence-electron chi connectivity index (χ0n) is 16.2. The summed E-state index contributed by atoms with van der Waals surface area (Å²) in [4.78, 5) is 25.0. The van der Waals surface area contributed by atoms with Gasteiger partial charge < -0.3 is 30.0 Å². The van der Waals surface area contributed by atoms with Crippen LogP contribution in [0.15, 0.2) is 23.4 Å². The second kappa shape index (κ2) is 8.66. The zero-order chi connectivity index (χ0) is 20.1. The van der Waals surface area contributed by atoms with Gasteiger partial charge in [0.25, 0.3) is 0 Å². The molecule has 8 nitrogen and oxygen atoms in total. The van der Waals surface area contributed by atoms with Gasteiger partial charge in [-0.05, 0) is 38.0 Å². The average Bonchev–Trinajstić information content (AvgIpc) is 2.61. The molecule has 1 atom stereocenters. The molecule has 1 aromatic carbocycles. The molecule has 0 aliphatic carbocycles. The fourth-order valence-corrected chi connectivity index (χ4v) is 2.91. The van der Waals surface area contributed by atoms with Crippen molar-refractivity contribution in [2.75, 3.05) is 14.2 Å². The predicted molar refractivity (Wildman–Crippen MR) is 98.8 cm³/mol. The van der Waals surface area contributed by atoms with E-state index in [-0.39, 0.29) is 23.4 Å². The number of methoxy groups -OCH3 is 2. The van der Waals surface area contributed by atoms with Crippen molar-refractivity contribution in [3.63, 3.8) is 0 Å². The summed E-state index contributed by atoms with van der Waals surface area (Å²) in [6.45, 7) is 5.47. The summed E-state index contributed by atoms with van der Waals surface area (Å²) in [5, 5.41) is 15.6. The van der Waals surface area contributed by atoms with Crippen molar-refractivity contribution in [1.29, 1.82) is 0 Å². The van der Waals surface area contributed by atoms with Crippen LogP contribution in [0.1, 0.15) is 45.2 Å². The Labute approximate surface area is 158 Å². The molecule has 0 spiro atoms. The summed E-state index contributed by atoms with van der Waals surface area (Å²) in [5.74, 6) is -0.332. The number of carbonyl (C=O) groups is 2. The second-order valence-corrected chi connectivity index (χ2v) is 6.40. The van der Waals surface area contributed by atoms with E-state index in [1.54, 1.807) is 26.0 Å². The van der Waals surface area contributed by atoms with E-state index in [0.29, 0.717) is 23.3 Å². The zero-order valence-corrected chi connectivity index (χ0v) is 16.2. The number of phenols is 1. The number of rotatable bonds is 7. The fourth-order valence-electron chi connectivity index (χ4n) is 2.91. The molecule has 1 heterocycles. The van der Waals surface area contributed by atoms with Gasteiger partial charge in [-0.3, -0.25) is 0 Å². The molecule has 0 fully saturated rings. The Hall–Kier alpha value is -2.90. The first-order valence-electron chi connectivity index (χ1n) is 8.78. The van der Waals surface area contributed by atoms with Gasteiger partial charge >= 0.3 is 12.0 Å². The number of allylic oxidation sites excluding steroid dienone is 1. The topological polar surface area (TPSA) is 106 Å². The number of ether oxygens (including phenoxy) is 3. The predicted octanol–water partition coefficient (Wildman–Crippen LogP) is 2.77. The highest BCUT2D eigenvalue weighted by Crippen LogP contribution is 2.41. The summed E-state index contributed by atoms with van der Waals surface area (Å²) in [6.07, 6.45) is 0.942. The molecule has 8 heteroatoms. The van der Waals surface area contributed by atoms with Crippen molar-refractivity contribution in [3.05, 3.63) is 29.0 Å². The number of amides is 2. The van der Waals surface area contributed by atoms with Crippen LogP contribution in [0.5, 0.6) is 17.2 Å². The van der Waals surface area contributed by atoms with E-state index < -0.39 is 18.0 Å². The molecule has 27 heavy (non-hydrogen) atoms. The monoisotopic (exact) mass is 378 g/mol. The first-order chi connectivity index (χ1) is 12.8. The van der Waals surface area contributed by atoms with Crippen molar-refractivity contribution in [2.24, 2.45) is 0 Å². The first-order valence-corrected chi connectivity index (χ1v) is 8.78. The number of nitrogens with one attached hydrogen (secondary N) is 2. The van der Waals surface area contributed by atoms with E-state index in [1.807, 2.05) is 6.92 Å². The molecule has 0 radical (unpaired) electrons. The molecule has 2 rings (SSSR count). The van der Waals surface area contributed by atoms with E-state index >= 15 is 0 Å². The van der Waals surface area contributed by atoms with Crippen molar-refractivity contribution >= 4 is 12.0 Å². The molecule has 0 saturated carbocycles. The summed E-state index contributed by atoms with van der Waals surface area (Å²) in [7, 11) is 2.82. The van der Waals surface area contributed by atoms with Crippen LogP contribution in [0.2, 0.25) is 0 Å². The number of esters is 1. The molecule has 148 valence electrons. The standard InChI is InChI=1S/C19H26N2O6/c1-6-7-12-15(18(23)27-10(2)3)16(21-19(24)20-12)11-8-13(25-4)17(22)14(9-11)26-5/h8-10,16,22H,6-7H2,1-5H3,(H2,20,21,24). The van der Waals surface area contributed by atoms with Crippen LogP contribution in [0.25, 0.3) is 0 Å². The van der Waals surface area contributed by atoms with Gasteiger partial charge in [-0.1, -0.05) is 13.3 Å². The van der Waals surface area contributed by atoms with Crippen LogP contribution in [-0.2, 0) is 9.53 Å². The SMILES string of the molecule is CCCC1=C(C(=O)OC(C)C)C(c2cc(OC)c(O)c(OC)c2)NC(=O)N1. The smallest absolute Gasteiger partial charge is 0.338 e. The number of benzene rings is 1. The van der Waals surface area contributed by atoms with Gasteiger partial charge in [0.05, 0.1) is 31.9 Å². The minimum atomic E-state index is -0.769.